The van der Waals surface area contributed by atoms with E-state index in [1.807, 2.05) is 0 Å². The molecule has 0 aliphatic carbocycles. The lowest BCUT2D eigenvalue weighted by Crippen LogP contribution is -2.89. The lowest BCUT2D eigenvalue weighted by Gasteiger charge is -2.56. The molecule has 0 spiro atoms. The summed E-state index contributed by atoms with van der Waals surface area (Å²) < 4.78 is 17.3. The highest BCUT2D eigenvalue weighted by molar-refractivity contribution is 6.53. The standard InChI is InChI=1S/C62H44O38/c63-17-59(97,51(89)19-3-28(66)44(82)29(67)4-19)61(53(91)21-7-32(70)46(84)33(71)8-21,99-57(95)24-13-38(76)49(87)39(77)14-24)62(54(92)22-9-34(72)47(85)35(73)10-22,100-58(96)25-15-40(78)50(88)41(79)16-25)60(52(90)20-5-30(68)45(83)31(69)6-20,98-56(94)23-11-36(74)48(86)37(75)12-23)55(93)42(80)18-1-26(64)43(81)27(65)2-18/h1-16,63-79,81-88,97H,17H2. The predicted molar refractivity (Wildman–Crippen MR) is 315 cm³/mol. The third-order valence-corrected chi connectivity index (χ3v) is 15.0. The zero-order chi connectivity index (χ0) is 74.8. The van der Waals surface area contributed by atoms with Crippen LogP contribution in [0.25, 0.3) is 0 Å². The number of benzene rings is 8. The first-order valence-electron chi connectivity index (χ1n) is 26.8. The largest absolute Gasteiger partial charge is 0.504 e. The first kappa shape index (κ1) is 71.2. The highest BCUT2D eigenvalue weighted by atomic mass is 16.7. The van der Waals surface area contributed by atoms with Gasteiger partial charge in [-0.3, -0.25) is 28.8 Å². The molecule has 0 saturated heterocycles. The number of esters is 3. The SMILES string of the molecule is O=C(OC(C(=O)C(=O)c1cc(O)c(O)c(O)c1)(C(=O)c1cc(O)c(O)c(O)c1)C(OC(=O)c1cc(O)c(O)c(O)c1)(C(=O)c1cc(O)c(O)c(O)c1)C(OC(=O)c1cc(O)c(O)c(O)c1)(C(=O)c1cc(O)c(O)c(O)c1)C(O)(CO)C(=O)c1cc(O)c(O)c(O)c1)c1cc(O)c(O)c(O)c1. The van der Waals surface area contributed by atoms with Crippen molar-refractivity contribution in [2.75, 3.05) is 6.61 Å². The average molecular weight is 1400 g/mol. The van der Waals surface area contributed by atoms with Gasteiger partial charge in [-0.25, -0.2) is 14.4 Å². The van der Waals surface area contributed by atoms with Gasteiger partial charge >= 0.3 is 17.9 Å². The molecule has 0 saturated carbocycles. The van der Waals surface area contributed by atoms with Crippen LogP contribution in [0.3, 0.4) is 0 Å². The number of carbonyl (C=O) groups is 9. The Bertz CT molecular complexity index is 4730. The van der Waals surface area contributed by atoms with Crippen LogP contribution in [-0.2, 0) is 19.0 Å². The van der Waals surface area contributed by atoms with E-state index in [1.54, 1.807) is 0 Å². The Hall–Kier alpha value is -14.7. The number of aliphatic hydroxyl groups is 2. The number of aromatic hydroxyl groups is 24. The maximum atomic E-state index is 17.7. The first-order valence-corrected chi connectivity index (χ1v) is 26.8. The average Bonchev–Trinajstić information content (AvgIpc) is 0.659. The Morgan fingerprint density at radius 2 is 0.440 bits per heavy atom. The van der Waals surface area contributed by atoms with Crippen molar-refractivity contribution in [1.82, 2.24) is 0 Å². The zero-order valence-electron chi connectivity index (χ0n) is 49.0. The molecule has 0 amide bonds. The van der Waals surface area contributed by atoms with Gasteiger partial charge in [-0.15, -0.1) is 0 Å². The minimum Gasteiger partial charge on any atom is -0.504 e. The van der Waals surface area contributed by atoms with Gasteiger partial charge in [0.05, 0.1) is 23.3 Å². The van der Waals surface area contributed by atoms with E-state index >= 15 is 43.2 Å². The molecule has 0 bridgehead atoms. The summed E-state index contributed by atoms with van der Waals surface area (Å²) in [5.41, 5.74) is -40.7. The number of aliphatic hydroxyl groups excluding tert-OH is 1. The quantitative estimate of drug-likeness (QED) is 0.0121. The Morgan fingerprint density at radius 1 is 0.250 bits per heavy atom. The van der Waals surface area contributed by atoms with Crippen molar-refractivity contribution in [3.63, 3.8) is 0 Å². The molecule has 0 radical (unpaired) electrons. The number of ether oxygens (including phenoxy) is 3. The number of carbonyl (C=O) groups excluding carboxylic acids is 9. The van der Waals surface area contributed by atoms with E-state index in [2.05, 4.69) is 0 Å². The number of phenols is 24. The minimum absolute atomic E-state index is 0.0949. The van der Waals surface area contributed by atoms with E-state index in [4.69, 9.17) is 14.2 Å². The van der Waals surface area contributed by atoms with Gasteiger partial charge < -0.3 is 147 Å². The Morgan fingerprint density at radius 3 is 0.690 bits per heavy atom. The van der Waals surface area contributed by atoms with Gasteiger partial charge in [0.25, 0.3) is 22.6 Å². The second kappa shape index (κ2) is 25.2. The molecule has 8 aromatic rings. The van der Waals surface area contributed by atoms with Crippen LogP contribution < -0.4 is 0 Å². The van der Waals surface area contributed by atoms with Crippen LogP contribution in [0, 0.1) is 0 Å². The molecule has 520 valence electrons. The second-order valence-electron chi connectivity index (χ2n) is 21.1. The summed E-state index contributed by atoms with van der Waals surface area (Å²) in [5, 5.41) is 288. The molecule has 0 aliphatic heterocycles. The van der Waals surface area contributed by atoms with Crippen LogP contribution in [0.5, 0.6) is 138 Å². The third-order valence-electron chi connectivity index (χ3n) is 15.0. The molecular weight excluding hydrogens is 1350 g/mol. The topological polar surface area (TPSA) is 707 Å². The summed E-state index contributed by atoms with van der Waals surface area (Å²) in [6, 6.07) is -2.89. The molecule has 38 nitrogen and oxygen atoms in total. The van der Waals surface area contributed by atoms with Crippen LogP contribution >= 0.6 is 0 Å². The van der Waals surface area contributed by atoms with E-state index < -0.39 is 264 Å². The van der Waals surface area contributed by atoms with Crippen LogP contribution in [-0.4, -0.2) is 214 Å². The number of ketones is 6. The molecule has 0 aromatic heterocycles. The Kier molecular flexibility index (Phi) is 18.0. The lowest BCUT2D eigenvalue weighted by molar-refractivity contribution is -0.230. The number of rotatable bonds is 21. The van der Waals surface area contributed by atoms with Gasteiger partial charge in [0.1, 0.15) is 0 Å². The number of Topliss-reactive ketones (excluding diaryl/α,β-unsaturated/α-hetero) is 6. The van der Waals surface area contributed by atoms with Gasteiger partial charge in [-0.1, -0.05) is 0 Å². The maximum absolute atomic E-state index is 17.7. The Labute approximate surface area is 549 Å². The van der Waals surface area contributed by atoms with Crippen LogP contribution in [0.2, 0.25) is 0 Å². The van der Waals surface area contributed by atoms with Gasteiger partial charge in [0.15, 0.2) is 138 Å². The maximum Gasteiger partial charge on any atom is 0.340 e. The highest BCUT2D eigenvalue weighted by Gasteiger charge is 2.89. The van der Waals surface area contributed by atoms with Gasteiger partial charge in [-0.05, 0) is 97.1 Å². The van der Waals surface area contributed by atoms with Crippen molar-refractivity contribution in [2.45, 2.75) is 22.4 Å². The highest BCUT2D eigenvalue weighted by Crippen LogP contribution is 2.58. The summed E-state index contributed by atoms with van der Waals surface area (Å²) in [6.45, 7) is -3.20. The van der Waals surface area contributed by atoms with Crippen molar-refractivity contribution >= 4 is 52.6 Å². The molecule has 0 aliphatic rings. The summed E-state index contributed by atoms with van der Waals surface area (Å²) in [7, 11) is 0. The minimum atomic E-state index is -6.56. The summed E-state index contributed by atoms with van der Waals surface area (Å²) in [6.07, 6.45) is 0. The normalized spacial score (nSPS) is 13.6. The molecule has 100 heavy (non-hydrogen) atoms. The molecule has 26 N–H and O–H groups in total. The number of hydrogen-bond donors (Lipinski definition) is 26. The van der Waals surface area contributed by atoms with Crippen molar-refractivity contribution in [3.8, 4) is 138 Å². The van der Waals surface area contributed by atoms with Crippen molar-refractivity contribution in [2.24, 2.45) is 0 Å². The van der Waals surface area contributed by atoms with Crippen LogP contribution in [0.4, 0.5) is 0 Å². The first-order chi connectivity index (χ1) is 46.5. The lowest BCUT2D eigenvalue weighted by atomic mass is 9.53. The summed E-state index contributed by atoms with van der Waals surface area (Å²) in [5.74, 6) is -71.7. The molecule has 4 atom stereocenters. The van der Waals surface area contributed by atoms with Gasteiger partial charge in [0, 0.05) is 27.8 Å². The monoisotopic (exact) mass is 1400 g/mol. The van der Waals surface area contributed by atoms with E-state index in [9.17, 15) is 133 Å². The fourth-order valence-corrected chi connectivity index (χ4v) is 10.1. The second-order valence-corrected chi connectivity index (χ2v) is 21.1. The molecule has 38 heteroatoms. The molecular formula is C62H44O38. The van der Waals surface area contributed by atoms with E-state index in [-0.39, 0.29) is 97.1 Å². The molecule has 8 aromatic carbocycles. The third kappa shape index (κ3) is 11.2. The molecule has 8 rings (SSSR count). The van der Waals surface area contributed by atoms with Gasteiger partial charge in [-0.2, -0.15) is 0 Å². The van der Waals surface area contributed by atoms with E-state index in [1.165, 1.54) is 0 Å². The fraction of sp³-hybridized carbons (Fsp3) is 0.0806. The smallest absolute Gasteiger partial charge is 0.340 e. The van der Waals surface area contributed by atoms with Crippen LogP contribution in [0.1, 0.15) is 82.9 Å². The Balaban J connectivity index is 1.90. The molecule has 0 fully saturated rings. The number of phenolic OH excluding ortho intramolecular Hbond substituents is 24. The molecule has 4 unspecified atom stereocenters. The summed E-state index contributed by atoms with van der Waals surface area (Å²) in [4.78, 5) is 150. The fourth-order valence-electron chi connectivity index (χ4n) is 10.1. The summed E-state index contributed by atoms with van der Waals surface area (Å²) >= 11 is 0. The van der Waals surface area contributed by atoms with Crippen molar-refractivity contribution in [1.29, 1.82) is 0 Å². The number of hydrogen-bond acceptors (Lipinski definition) is 38. The van der Waals surface area contributed by atoms with Crippen molar-refractivity contribution < 1.29 is 190 Å². The predicted octanol–water partition coefficient (Wildman–Crippen LogP) is 1.42. The zero-order valence-corrected chi connectivity index (χ0v) is 49.0. The van der Waals surface area contributed by atoms with E-state index in [0.717, 1.165) is 0 Å². The van der Waals surface area contributed by atoms with Gasteiger partial charge in [0.2, 0.25) is 34.5 Å². The van der Waals surface area contributed by atoms with Crippen molar-refractivity contribution in [3.05, 3.63) is 142 Å². The molecule has 0 heterocycles. The van der Waals surface area contributed by atoms with E-state index in [0.29, 0.717) is 0 Å². The van der Waals surface area contributed by atoms with Crippen LogP contribution in [0.15, 0.2) is 97.1 Å².